The van der Waals surface area contributed by atoms with Crippen molar-refractivity contribution in [3.63, 3.8) is 0 Å². The molecule has 0 aliphatic heterocycles. The van der Waals surface area contributed by atoms with E-state index in [-0.39, 0.29) is 6.03 Å². The van der Waals surface area contributed by atoms with Gasteiger partial charge in [-0.15, -0.1) is 0 Å². The molecule has 0 saturated heterocycles. The summed E-state index contributed by atoms with van der Waals surface area (Å²) in [6.45, 7) is 10.3. The van der Waals surface area contributed by atoms with Crippen molar-refractivity contribution in [2.75, 3.05) is 38.2 Å². The van der Waals surface area contributed by atoms with Crippen LogP contribution in [0.15, 0.2) is 36.7 Å². The highest BCUT2D eigenvalue weighted by molar-refractivity contribution is 5.90. The van der Waals surface area contributed by atoms with E-state index in [0.717, 1.165) is 12.0 Å². The Labute approximate surface area is 173 Å². The zero-order valence-corrected chi connectivity index (χ0v) is 17.7. The van der Waals surface area contributed by atoms with Gasteiger partial charge in [-0.1, -0.05) is 0 Å². The fourth-order valence-electron chi connectivity index (χ4n) is 2.88. The number of urea groups is 1. The number of pyridine rings is 1. The van der Waals surface area contributed by atoms with E-state index in [2.05, 4.69) is 10.3 Å². The lowest BCUT2D eigenvalue weighted by atomic mass is 10.2. The fourth-order valence-corrected chi connectivity index (χ4v) is 2.88. The van der Waals surface area contributed by atoms with Crippen LogP contribution in [-0.2, 0) is 6.42 Å². The first-order valence-electron chi connectivity index (χ1n) is 10.1. The minimum absolute atomic E-state index is 0.171. The number of anilines is 1. The summed E-state index contributed by atoms with van der Waals surface area (Å²) in [6.07, 6.45) is 4.29. The number of rotatable bonds is 11. The number of ether oxygens (including phenoxy) is 3. The van der Waals surface area contributed by atoms with Crippen LogP contribution >= 0.6 is 0 Å². The number of carbonyl (C=O) groups excluding carboxylic acids is 1. The normalized spacial score (nSPS) is 10.3. The molecule has 2 rings (SSSR count). The summed E-state index contributed by atoms with van der Waals surface area (Å²) >= 11 is 0. The molecule has 29 heavy (non-hydrogen) atoms. The predicted octanol–water partition coefficient (Wildman–Crippen LogP) is 4.37. The Bertz CT molecular complexity index is 741. The zero-order valence-electron chi connectivity index (χ0n) is 17.7. The van der Waals surface area contributed by atoms with Crippen molar-refractivity contribution in [3.05, 3.63) is 42.2 Å². The van der Waals surface area contributed by atoms with Crippen LogP contribution in [0.2, 0.25) is 0 Å². The second-order valence-electron chi connectivity index (χ2n) is 6.22. The molecule has 0 atom stereocenters. The van der Waals surface area contributed by atoms with Crippen LogP contribution in [0, 0.1) is 0 Å². The third kappa shape index (κ3) is 6.55. The highest BCUT2D eigenvalue weighted by Gasteiger charge is 2.18. The quantitative estimate of drug-likeness (QED) is 0.605. The molecule has 1 aromatic carbocycles. The molecule has 0 saturated carbocycles. The highest BCUT2D eigenvalue weighted by Crippen LogP contribution is 2.40. The van der Waals surface area contributed by atoms with Crippen molar-refractivity contribution in [2.24, 2.45) is 0 Å². The summed E-state index contributed by atoms with van der Waals surface area (Å²) < 4.78 is 17.1. The molecule has 2 aromatic rings. The van der Waals surface area contributed by atoms with Crippen molar-refractivity contribution >= 4 is 11.7 Å². The second-order valence-corrected chi connectivity index (χ2v) is 6.22. The van der Waals surface area contributed by atoms with E-state index >= 15 is 0 Å². The molecule has 158 valence electrons. The molecule has 0 aliphatic carbocycles. The third-order valence-electron chi connectivity index (χ3n) is 4.25. The average molecular weight is 402 g/mol. The van der Waals surface area contributed by atoms with Gasteiger partial charge in [-0.05, 0) is 51.8 Å². The Morgan fingerprint density at radius 3 is 2.07 bits per heavy atom. The first-order chi connectivity index (χ1) is 14.1. The lowest BCUT2D eigenvalue weighted by Gasteiger charge is -2.22. The highest BCUT2D eigenvalue weighted by atomic mass is 16.5. The molecule has 0 spiro atoms. The van der Waals surface area contributed by atoms with Crippen LogP contribution in [-0.4, -0.2) is 48.8 Å². The molecule has 1 N–H and O–H groups in total. The van der Waals surface area contributed by atoms with Gasteiger partial charge >= 0.3 is 6.03 Å². The molecule has 7 nitrogen and oxygen atoms in total. The Hall–Kier alpha value is -2.96. The van der Waals surface area contributed by atoms with Crippen molar-refractivity contribution < 1.29 is 19.0 Å². The molecule has 0 radical (unpaired) electrons. The van der Waals surface area contributed by atoms with Gasteiger partial charge in [0.15, 0.2) is 11.5 Å². The van der Waals surface area contributed by atoms with Gasteiger partial charge < -0.3 is 24.4 Å². The largest absolute Gasteiger partial charge is 0.490 e. The predicted molar refractivity (Wildman–Crippen MR) is 114 cm³/mol. The van der Waals surface area contributed by atoms with Gasteiger partial charge in [0.25, 0.3) is 0 Å². The van der Waals surface area contributed by atoms with Gasteiger partial charge in [0, 0.05) is 37.6 Å². The van der Waals surface area contributed by atoms with E-state index in [1.165, 1.54) is 0 Å². The first kappa shape index (κ1) is 22.3. The van der Waals surface area contributed by atoms with Gasteiger partial charge in [-0.3, -0.25) is 4.98 Å². The molecule has 2 amide bonds. The number of benzene rings is 1. The van der Waals surface area contributed by atoms with E-state index in [9.17, 15) is 4.79 Å². The van der Waals surface area contributed by atoms with Gasteiger partial charge in [0.2, 0.25) is 5.75 Å². The van der Waals surface area contributed by atoms with Gasteiger partial charge in [0.1, 0.15) is 0 Å². The number of likely N-dealkylation sites (N-methyl/N-ethyl adjacent to an activating group) is 1. The maximum Gasteiger partial charge on any atom is 0.321 e. The maximum absolute atomic E-state index is 12.8. The number of aromatic nitrogens is 1. The van der Waals surface area contributed by atoms with E-state index in [1.807, 2.05) is 39.8 Å². The number of amides is 2. The molecule has 0 bridgehead atoms. The van der Waals surface area contributed by atoms with Crippen LogP contribution in [0.25, 0.3) is 0 Å². The van der Waals surface area contributed by atoms with Crippen LogP contribution in [0.4, 0.5) is 10.5 Å². The molecule has 1 aromatic heterocycles. The lowest BCUT2D eigenvalue weighted by molar-refractivity contribution is 0.215. The standard InChI is InChI=1S/C22H31N3O4/c1-5-25(14-11-17-9-12-23-13-10-17)22(26)24-18-15-19(27-6-2)21(29-8-4)20(16-18)28-7-3/h9-10,12-13,15-16H,5-8,11,14H2,1-4H3,(H,24,26). The minimum atomic E-state index is -0.171. The fraction of sp³-hybridized carbons (Fsp3) is 0.455. The Morgan fingerprint density at radius 1 is 0.966 bits per heavy atom. The lowest BCUT2D eigenvalue weighted by Crippen LogP contribution is -2.36. The molecule has 1 heterocycles. The number of nitrogens with one attached hydrogen (secondary N) is 1. The van der Waals surface area contributed by atoms with Crippen molar-refractivity contribution in [3.8, 4) is 17.2 Å². The number of carbonyl (C=O) groups is 1. The molecular weight excluding hydrogens is 370 g/mol. The van der Waals surface area contributed by atoms with E-state index in [4.69, 9.17) is 14.2 Å². The van der Waals surface area contributed by atoms with Crippen molar-refractivity contribution in [2.45, 2.75) is 34.1 Å². The average Bonchev–Trinajstić information content (AvgIpc) is 2.72. The second kappa shape index (κ2) is 11.8. The third-order valence-corrected chi connectivity index (χ3v) is 4.25. The van der Waals surface area contributed by atoms with Crippen LogP contribution in [0.3, 0.4) is 0 Å². The summed E-state index contributed by atoms with van der Waals surface area (Å²) in [5.74, 6) is 1.66. The number of hydrogen-bond acceptors (Lipinski definition) is 5. The van der Waals surface area contributed by atoms with Gasteiger partial charge in [-0.25, -0.2) is 4.79 Å². The zero-order chi connectivity index (χ0) is 21.1. The summed E-state index contributed by atoms with van der Waals surface area (Å²) in [6, 6.07) is 7.29. The van der Waals surface area contributed by atoms with E-state index in [1.54, 1.807) is 29.4 Å². The molecule has 0 fully saturated rings. The SMILES string of the molecule is CCOc1cc(NC(=O)N(CC)CCc2ccncc2)cc(OCC)c1OCC. The topological polar surface area (TPSA) is 72.9 Å². The maximum atomic E-state index is 12.8. The van der Waals surface area contributed by atoms with Crippen LogP contribution < -0.4 is 19.5 Å². The minimum Gasteiger partial charge on any atom is -0.490 e. The smallest absolute Gasteiger partial charge is 0.321 e. The van der Waals surface area contributed by atoms with E-state index < -0.39 is 0 Å². The summed E-state index contributed by atoms with van der Waals surface area (Å²) in [4.78, 5) is 18.6. The molecule has 7 heteroatoms. The molecule has 0 aliphatic rings. The van der Waals surface area contributed by atoms with E-state index in [0.29, 0.717) is 55.8 Å². The molecule has 0 unspecified atom stereocenters. The number of nitrogens with zero attached hydrogens (tertiary/aromatic N) is 2. The Morgan fingerprint density at radius 2 is 1.55 bits per heavy atom. The van der Waals surface area contributed by atoms with Crippen LogP contribution in [0.1, 0.15) is 33.3 Å². The number of hydrogen-bond donors (Lipinski definition) is 1. The summed E-state index contributed by atoms with van der Waals surface area (Å²) in [5.41, 5.74) is 1.75. The Kier molecular flexibility index (Phi) is 9.08. The van der Waals surface area contributed by atoms with Crippen molar-refractivity contribution in [1.29, 1.82) is 0 Å². The monoisotopic (exact) mass is 401 g/mol. The van der Waals surface area contributed by atoms with Gasteiger partial charge in [-0.2, -0.15) is 0 Å². The van der Waals surface area contributed by atoms with Crippen molar-refractivity contribution in [1.82, 2.24) is 9.88 Å². The van der Waals surface area contributed by atoms with Gasteiger partial charge in [0.05, 0.1) is 25.5 Å². The van der Waals surface area contributed by atoms with Crippen LogP contribution in [0.5, 0.6) is 17.2 Å². The first-order valence-corrected chi connectivity index (χ1v) is 10.1. The Balaban J connectivity index is 2.15. The molecular formula is C22H31N3O4. The summed E-state index contributed by atoms with van der Waals surface area (Å²) in [7, 11) is 0. The summed E-state index contributed by atoms with van der Waals surface area (Å²) in [5, 5.41) is 2.96.